The van der Waals surface area contributed by atoms with Gasteiger partial charge in [-0.1, -0.05) is 12.1 Å². The van der Waals surface area contributed by atoms with E-state index in [2.05, 4.69) is 25.6 Å². The highest BCUT2D eigenvalue weighted by molar-refractivity contribution is 5.81. The highest BCUT2D eigenvalue weighted by atomic mass is 19.1. The van der Waals surface area contributed by atoms with Gasteiger partial charge >= 0.3 is 0 Å². The lowest BCUT2D eigenvalue weighted by Crippen LogP contribution is -2.44. The molecule has 1 saturated carbocycles. The summed E-state index contributed by atoms with van der Waals surface area (Å²) < 4.78 is 26.1. The van der Waals surface area contributed by atoms with Crippen molar-refractivity contribution < 1.29 is 13.6 Å². The predicted octanol–water partition coefficient (Wildman–Crippen LogP) is 3.85. The maximum atomic E-state index is 13.0. The van der Waals surface area contributed by atoms with E-state index in [4.69, 9.17) is 5.73 Å². The zero-order valence-corrected chi connectivity index (χ0v) is 18.8. The summed E-state index contributed by atoms with van der Waals surface area (Å²) in [6.07, 6.45) is 7.11. The number of nitrogens with zero attached hydrogens (tertiary/aromatic N) is 3. The molecule has 7 nitrogen and oxygen atoms in total. The largest absolute Gasteiger partial charge is 0.354 e. The van der Waals surface area contributed by atoms with Gasteiger partial charge in [0, 0.05) is 24.4 Å². The van der Waals surface area contributed by atoms with Crippen molar-refractivity contribution in [2.45, 2.75) is 44.1 Å². The smallest absolute Gasteiger partial charge is 0.237 e. The first-order valence-corrected chi connectivity index (χ1v) is 11.5. The SMILES string of the molecule is N[C@@H](Cc1ccc(F)cc1)C(=O)NCC1CCC(c2ccnc(Nc3ccc(F)cn3)n2)CC1. The fourth-order valence-electron chi connectivity index (χ4n) is 4.23. The van der Waals surface area contributed by atoms with Gasteiger partial charge in [-0.25, -0.2) is 23.7 Å². The van der Waals surface area contributed by atoms with Crippen molar-refractivity contribution in [3.63, 3.8) is 0 Å². The monoisotopic (exact) mass is 466 g/mol. The molecule has 1 atom stereocenters. The number of benzene rings is 1. The molecule has 2 aromatic heterocycles. The van der Waals surface area contributed by atoms with Crippen LogP contribution >= 0.6 is 0 Å². The Morgan fingerprint density at radius 1 is 1.00 bits per heavy atom. The van der Waals surface area contributed by atoms with Gasteiger partial charge in [0.15, 0.2) is 0 Å². The number of anilines is 2. The molecule has 178 valence electrons. The molecule has 2 heterocycles. The normalized spacial score (nSPS) is 18.8. The van der Waals surface area contributed by atoms with Crippen LogP contribution in [0.3, 0.4) is 0 Å². The molecule has 1 aromatic carbocycles. The number of hydrogen-bond donors (Lipinski definition) is 3. The Morgan fingerprint density at radius 3 is 2.44 bits per heavy atom. The van der Waals surface area contributed by atoms with E-state index in [0.29, 0.717) is 36.6 Å². The third-order valence-electron chi connectivity index (χ3n) is 6.18. The average Bonchev–Trinajstić information content (AvgIpc) is 2.86. The second kappa shape index (κ2) is 11.1. The molecule has 34 heavy (non-hydrogen) atoms. The summed E-state index contributed by atoms with van der Waals surface area (Å²) >= 11 is 0. The standard InChI is InChI=1S/C25H28F2N6O/c26-19-7-3-16(4-8-19)13-21(28)24(34)31-14-17-1-5-18(6-2-17)22-11-12-29-25(32-22)33-23-10-9-20(27)15-30-23/h3-4,7-12,15,17-18,21H,1-2,5-6,13-14,28H2,(H,31,34)(H,29,30,32,33)/t17?,18?,21-/m0/s1. The Kier molecular flexibility index (Phi) is 7.74. The van der Waals surface area contributed by atoms with Crippen molar-refractivity contribution in [1.29, 1.82) is 0 Å². The zero-order valence-electron chi connectivity index (χ0n) is 18.8. The number of rotatable bonds is 8. The average molecular weight is 467 g/mol. The van der Waals surface area contributed by atoms with Crippen LogP contribution in [0.15, 0.2) is 54.9 Å². The molecule has 0 saturated heterocycles. The van der Waals surface area contributed by atoms with Gasteiger partial charge in [0.2, 0.25) is 11.9 Å². The minimum absolute atomic E-state index is 0.188. The molecular weight excluding hydrogens is 438 g/mol. The Morgan fingerprint density at radius 2 is 1.74 bits per heavy atom. The Bertz CT molecular complexity index is 1090. The topological polar surface area (TPSA) is 106 Å². The molecular formula is C25H28F2N6O. The molecule has 0 radical (unpaired) electrons. The number of amides is 1. The minimum atomic E-state index is -0.663. The molecule has 1 fully saturated rings. The maximum absolute atomic E-state index is 13.0. The molecule has 1 amide bonds. The van der Waals surface area contributed by atoms with Crippen LogP contribution in [0.1, 0.15) is 42.9 Å². The van der Waals surface area contributed by atoms with Crippen LogP contribution in [0, 0.1) is 17.6 Å². The van der Waals surface area contributed by atoms with Gasteiger partial charge in [0.1, 0.15) is 17.5 Å². The lowest BCUT2D eigenvalue weighted by Gasteiger charge is -2.28. The second-order valence-electron chi connectivity index (χ2n) is 8.69. The first kappa shape index (κ1) is 23.7. The van der Waals surface area contributed by atoms with Crippen LogP contribution in [0.25, 0.3) is 0 Å². The van der Waals surface area contributed by atoms with Crippen LogP contribution in [-0.4, -0.2) is 33.4 Å². The summed E-state index contributed by atoms with van der Waals surface area (Å²) in [5.74, 6) is 0.724. The Labute approximate surface area is 197 Å². The first-order chi connectivity index (χ1) is 16.5. The third-order valence-corrected chi connectivity index (χ3v) is 6.18. The van der Waals surface area contributed by atoms with E-state index in [1.54, 1.807) is 18.3 Å². The van der Waals surface area contributed by atoms with Gasteiger partial charge in [0.25, 0.3) is 0 Å². The van der Waals surface area contributed by atoms with E-state index >= 15 is 0 Å². The van der Waals surface area contributed by atoms with Crippen LogP contribution in [-0.2, 0) is 11.2 Å². The van der Waals surface area contributed by atoms with Crippen LogP contribution in [0.5, 0.6) is 0 Å². The first-order valence-electron chi connectivity index (χ1n) is 11.5. The third kappa shape index (κ3) is 6.54. The molecule has 0 aliphatic heterocycles. The fraction of sp³-hybridized carbons (Fsp3) is 0.360. The molecule has 1 aliphatic carbocycles. The van der Waals surface area contributed by atoms with Crippen LogP contribution in [0.2, 0.25) is 0 Å². The number of nitrogens with two attached hydrogens (primary N) is 1. The Balaban J connectivity index is 1.23. The summed E-state index contributed by atoms with van der Waals surface area (Å²) in [7, 11) is 0. The van der Waals surface area contributed by atoms with E-state index in [1.165, 1.54) is 24.3 Å². The molecule has 3 aromatic rings. The zero-order chi connectivity index (χ0) is 23.9. The number of pyridine rings is 1. The number of carbonyl (C=O) groups excluding carboxylic acids is 1. The lowest BCUT2D eigenvalue weighted by molar-refractivity contribution is -0.122. The molecule has 0 unspecified atom stereocenters. The highest BCUT2D eigenvalue weighted by Gasteiger charge is 2.25. The second-order valence-corrected chi connectivity index (χ2v) is 8.69. The highest BCUT2D eigenvalue weighted by Crippen LogP contribution is 2.35. The molecule has 1 aliphatic rings. The van der Waals surface area contributed by atoms with E-state index in [-0.39, 0.29) is 11.7 Å². The van der Waals surface area contributed by atoms with Crippen LogP contribution < -0.4 is 16.4 Å². The van der Waals surface area contributed by atoms with E-state index in [0.717, 1.165) is 43.1 Å². The molecule has 4 N–H and O–H groups in total. The molecule has 0 bridgehead atoms. The van der Waals surface area contributed by atoms with Crippen LogP contribution in [0.4, 0.5) is 20.5 Å². The summed E-state index contributed by atoms with van der Waals surface area (Å²) in [5.41, 5.74) is 7.82. The van der Waals surface area contributed by atoms with E-state index < -0.39 is 11.9 Å². The minimum Gasteiger partial charge on any atom is -0.354 e. The van der Waals surface area contributed by atoms with Gasteiger partial charge in [-0.15, -0.1) is 0 Å². The van der Waals surface area contributed by atoms with Crippen molar-refractivity contribution in [2.24, 2.45) is 11.7 Å². The molecule has 9 heteroatoms. The summed E-state index contributed by atoms with van der Waals surface area (Å²) in [4.78, 5) is 25.2. The predicted molar refractivity (Wildman–Crippen MR) is 125 cm³/mol. The van der Waals surface area contributed by atoms with Gasteiger partial charge in [-0.05, 0) is 73.9 Å². The van der Waals surface area contributed by atoms with Crippen molar-refractivity contribution in [1.82, 2.24) is 20.3 Å². The fourth-order valence-corrected chi connectivity index (χ4v) is 4.23. The Hall–Kier alpha value is -3.46. The summed E-state index contributed by atoms with van der Waals surface area (Å²) in [6, 6.07) is 10.2. The molecule has 0 spiro atoms. The number of carbonyl (C=O) groups is 1. The van der Waals surface area contributed by atoms with Crippen molar-refractivity contribution in [3.05, 3.63) is 77.8 Å². The van der Waals surface area contributed by atoms with Gasteiger partial charge < -0.3 is 16.4 Å². The number of halogens is 2. The summed E-state index contributed by atoms with van der Waals surface area (Å²) in [6.45, 7) is 0.593. The van der Waals surface area contributed by atoms with E-state index in [1.807, 2.05) is 6.07 Å². The number of nitrogens with one attached hydrogen (secondary N) is 2. The maximum Gasteiger partial charge on any atom is 0.237 e. The number of hydrogen-bond acceptors (Lipinski definition) is 6. The van der Waals surface area contributed by atoms with Crippen molar-refractivity contribution in [3.8, 4) is 0 Å². The summed E-state index contributed by atoms with van der Waals surface area (Å²) in [5, 5.41) is 5.98. The molecule has 4 rings (SSSR count). The van der Waals surface area contributed by atoms with Crippen molar-refractivity contribution >= 4 is 17.7 Å². The van der Waals surface area contributed by atoms with Gasteiger partial charge in [-0.3, -0.25) is 4.79 Å². The van der Waals surface area contributed by atoms with Crippen molar-refractivity contribution in [2.75, 3.05) is 11.9 Å². The van der Waals surface area contributed by atoms with E-state index in [9.17, 15) is 13.6 Å². The number of aromatic nitrogens is 3. The lowest BCUT2D eigenvalue weighted by atomic mass is 9.80. The quantitative estimate of drug-likeness (QED) is 0.466. The van der Waals surface area contributed by atoms with Gasteiger partial charge in [0.05, 0.1) is 12.2 Å². The van der Waals surface area contributed by atoms with Gasteiger partial charge in [-0.2, -0.15) is 0 Å².